The highest BCUT2D eigenvalue weighted by Gasteiger charge is 2.20. The molecule has 0 amide bonds. The quantitative estimate of drug-likeness (QED) is 0.770. The molecule has 0 aromatic carbocycles. The molecule has 1 heterocycles. The molecule has 1 aromatic heterocycles. The summed E-state index contributed by atoms with van der Waals surface area (Å²) in [6.07, 6.45) is 11.5. The van der Waals surface area contributed by atoms with Gasteiger partial charge < -0.3 is 9.73 Å². The molecular weight excluding hydrogens is 210 g/mol. The van der Waals surface area contributed by atoms with E-state index in [1.54, 1.807) is 6.26 Å². The van der Waals surface area contributed by atoms with E-state index in [0.717, 1.165) is 18.2 Å². The van der Waals surface area contributed by atoms with Crippen LogP contribution < -0.4 is 5.32 Å². The predicted octanol–water partition coefficient (Wildman–Crippen LogP) is 4.29. The van der Waals surface area contributed by atoms with Crippen molar-refractivity contribution in [1.29, 1.82) is 0 Å². The first-order chi connectivity index (χ1) is 8.40. The summed E-state index contributed by atoms with van der Waals surface area (Å²) < 4.78 is 5.56. The van der Waals surface area contributed by atoms with Crippen molar-refractivity contribution in [2.24, 2.45) is 5.92 Å². The van der Waals surface area contributed by atoms with Crippen molar-refractivity contribution in [2.45, 2.75) is 57.9 Å². The summed E-state index contributed by atoms with van der Waals surface area (Å²) >= 11 is 0. The van der Waals surface area contributed by atoms with Crippen LogP contribution >= 0.6 is 0 Å². The predicted molar refractivity (Wildman–Crippen MR) is 70.9 cm³/mol. The van der Waals surface area contributed by atoms with Gasteiger partial charge in [0.05, 0.1) is 12.3 Å². The van der Waals surface area contributed by atoms with Crippen molar-refractivity contribution in [1.82, 2.24) is 5.32 Å². The van der Waals surface area contributed by atoms with Crippen molar-refractivity contribution >= 4 is 0 Å². The van der Waals surface area contributed by atoms with E-state index in [9.17, 15) is 0 Å². The highest BCUT2D eigenvalue weighted by Crippen LogP contribution is 2.31. The average molecular weight is 235 g/mol. The highest BCUT2D eigenvalue weighted by molar-refractivity contribution is 5.04. The molecule has 0 spiro atoms. The van der Waals surface area contributed by atoms with E-state index in [0.29, 0.717) is 6.04 Å². The lowest BCUT2D eigenvalue weighted by atomic mass is 9.91. The Morgan fingerprint density at radius 1 is 1.29 bits per heavy atom. The first-order valence-electron chi connectivity index (χ1n) is 7.17. The monoisotopic (exact) mass is 235 g/mol. The van der Waals surface area contributed by atoms with E-state index in [1.807, 2.05) is 6.07 Å². The van der Waals surface area contributed by atoms with Crippen LogP contribution in [0.1, 0.15) is 63.7 Å². The fraction of sp³-hybridized carbons (Fsp3) is 0.733. The van der Waals surface area contributed by atoms with Crippen LogP contribution in [-0.4, -0.2) is 6.54 Å². The standard InChI is InChI=1S/C15H25NO/c1-2-16-14(15-10-7-11-17-15)12-13-8-5-3-4-6-9-13/h7,10-11,13-14,16H,2-6,8-9,12H2,1H3. The number of hydrogen-bond acceptors (Lipinski definition) is 2. The molecule has 2 heteroatoms. The van der Waals surface area contributed by atoms with E-state index in [4.69, 9.17) is 4.42 Å². The van der Waals surface area contributed by atoms with E-state index in [-0.39, 0.29) is 0 Å². The number of hydrogen-bond donors (Lipinski definition) is 1. The Bertz CT molecular complexity index is 286. The number of furan rings is 1. The van der Waals surface area contributed by atoms with Gasteiger partial charge in [-0.3, -0.25) is 0 Å². The summed E-state index contributed by atoms with van der Waals surface area (Å²) in [5.74, 6) is 1.99. The molecule has 1 atom stereocenters. The lowest BCUT2D eigenvalue weighted by Crippen LogP contribution is -2.23. The molecule has 1 aromatic rings. The molecule has 1 fully saturated rings. The molecule has 1 unspecified atom stereocenters. The first kappa shape index (κ1) is 12.7. The van der Waals surface area contributed by atoms with Gasteiger partial charge in [0.1, 0.15) is 5.76 Å². The smallest absolute Gasteiger partial charge is 0.120 e. The maximum atomic E-state index is 5.56. The molecule has 0 saturated heterocycles. The van der Waals surface area contributed by atoms with Gasteiger partial charge in [-0.15, -0.1) is 0 Å². The van der Waals surface area contributed by atoms with Crippen molar-refractivity contribution in [3.05, 3.63) is 24.2 Å². The molecule has 1 N–H and O–H groups in total. The van der Waals surface area contributed by atoms with Crippen LogP contribution in [0.3, 0.4) is 0 Å². The Kier molecular flexibility index (Phi) is 5.11. The molecule has 17 heavy (non-hydrogen) atoms. The molecule has 2 nitrogen and oxygen atoms in total. The van der Waals surface area contributed by atoms with Gasteiger partial charge in [-0.25, -0.2) is 0 Å². The van der Waals surface area contributed by atoms with Crippen molar-refractivity contribution in [3.63, 3.8) is 0 Å². The summed E-state index contributed by atoms with van der Waals surface area (Å²) in [4.78, 5) is 0. The van der Waals surface area contributed by atoms with Gasteiger partial charge in [0.25, 0.3) is 0 Å². The minimum atomic E-state index is 0.415. The molecule has 1 aliphatic rings. The van der Waals surface area contributed by atoms with Gasteiger partial charge in [-0.05, 0) is 31.0 Å². The second-order valence-electron chi connectivity index (χ2n) is 5.22. The van der Waals surface area contributed by atoms with Gasteiger partial charge in [-0.1, -0.05) is 45.4 Å². The molecule has 0 aliphatic heterocycles. The van der Waals surface area contributed by atoms with Crippen LogP contribution in [0.4, 0.5) is 0 Å². The summed E-state index contributed by atoms with van der Waals surface area (Å²) in [7, 11) is 0. The fourth-order valence-electron chi connectivity index (χ4n) is 2.97. The molecule has 96 valence electrons. The second kappa shape index (κ2) is 6.85. The molecule has 0 radical (unpaired) electrons. The summed E-state index contributed by atoms with van der Waals surface area (Å²) in [6.45, 7) is 3.18. The van der Waals surface area contributed by atoms with Crippen molar-refractivity contribution in [2.75, 3.05) is 6.54 Å². The lowest BCUT2D eigenvalue weighted by molar-refractivity contribution is 0.322. The molecule has 1 saturated carbocycles. The maximum Gasteiger partial charge on any atom is 0.120 e. The minimum Gasteiger partial charge on any atom is -0.468 e. The topological polar surface area (TPSA) is 25.2 Å². The SMILES string of the molecule is CCNC(CC1CCCCCC1)c1ccco1. The van der Waals surface area contributed by atoms with Crippen LogP contribution in [0.2, 0.25) is 0 Å². The zero-order valence-corrected chi connectivity index (χ0v) is 11.0. The van der Waals surface area contributed by atoms with E-state index >= 15 is 0 Å². The van der Waals surface area contributed by atoms with Crippen molar-refractivity contribution in [3.8, 4) is 0 Å². The molecule has 0 bridgehead atoms. The van der Waals surface area contributed by atoms with Crippen LogP contribution in [0, 0.1) is 5.92 Å². The normalized spacial score (nSPS) is 20.1. The molecule has 2 rings (SSSR count). The van der Waals surface area contributed by atoms with E-state index < -0.39 is 0 Å². The van der Waals surface area contributed by atoms with E-state index in [1.165, 1.54) is 44.9 Å². The van der Waals surface area contributed by atoms with Crippen LogP contribution in [0.5, 0.6) is 0 Å². The zero-order valence-electron chi connectivity index (χ0n) is 11.0. The van der Waals surface area contributed by atoms with Crippen LogP contribution in [-0.2, 0) is 0 Å². The van der Waals surface area contributed by atoms with Crippen LogP contribution in [0.15, 0.2) is 22.8 Å². The van der Waals surface area contributed by atoms with Gasteiger partial charge in [-0.2, -0.15) is 0 Å². The Morgan fingerprint density at radius 2 is 2.06 bits per heavy atom. The number of rotatable bonds is 5. The average Bonchev–Trinajstić information content (AvgIpc) is 2.75. The Hall–Kier alpha value is -0.760. The summed E-state index contributed by atoms with van der Waals surface area (Å²) in [6, 6.07) is 4.51. The zero-order chi connectivity index (χ0) is 11.9. The largest absolute Gasteiger partial charge is 0.468 e. The van der Waals surface area contributed by atoms with Crippen LogP contribution in [0.25, 0.3) is 0 Å². The third-order valence-electron chi connectivity index (χ3n) is 3.88. The van der Waals surface area contributed by atoms with Gasteiger partial charge in [0.15, 0.2) is 0 Å². The van der Waals surface area contributed by atoms with Crippen molar-refractivity contribution < 1.29 is 4.42 Å². The first-order valence-corrected chi connectivity index (χ1v) is 7.17. The third kappa shape index (κ3) is 3.88. The van der Waals surface area contributed by atoms with Gasteiger partial charge in [0, 0.05) is 0 Å². The summed E-state index contributed by atoms with van der Waals surface area (Å²) in [5.41, 5.74) is 0. The maximum absolute atomic E-state index is 5.56. The Morgan fingerprint density at radius 3 is 2.65 bits per heavy atom. The second-order valence-corrected chi connectivity index (χ2v) is 5.22. The highest BCUT2D eigenvalue weighted by atomic mass is 16.3. The molecule has 1 aliphatic carbocycles. The summed E-state index contributed by atoms with van der Waals surface area (Å²) in [5, 5.41) is 3.56. The van der Waals surface area contributed by atoms with Gasteiger partial charge in [0.2, 0.25) is 0 Å². The third-order valence-corrected chi connectivity index (χ3v) is 3.88. The lowest BCUT2D eigenvalue weighted by Gasteiger charge is -2.21. The molecular formula is C15H25NO. The minimum absolute atomic E-state index is 0.415. The fourth-order valence-corrected chi connectivity index (χ4v) is 2.97. The number of nitrogens with one attached hydrogen (secondary N) is 1. The Balaban J connectivity index is 1.92. The van der Waals surface area contributed by atoms with E-state index in [2.05, 4.69) is 18.3 Å². The Labute approximate surface area is 105 Å². The van der Waals surface area contributed by atoms with Gasteiger partial charge >= 0.3 is 0 Å².